The SMILES string of the molecule is CC(C)(CNC(=O)Cn1cc(C(=O)O)nn1)c1ccc2c(c1)OCO2. The Labute approximate surface area is 143 Å². The van der Waals surface area contributed by atoms with E-state index in [1.165, 1.54) is 10.9 Å². The van der Waals surface area contributed by atoms with Crippen LogP contribution in [0.4, 0.5) is 0 Å². The number of hydrogen-bond donors (Lipinski definition) is 2. The molecule has 0 saturated carbocycles. The van der Waals surface area contributed by atoms with Gasteiger partial charge in [0.25, 0.3) is 0 Å². The molecule has 0 unspecified atom stereocenters. The average Bonchev–Trinajstić information content (AvgIpc) is 3.21. The Morgan fingerprint density at radius 2 is 2.08 bits per heavy atom. The van der Waals surface area contributed by atoms with E-state index in [1.807, 2.05) is 32.0 Å². The molecule has 9 nitrogen and oxygen atoms in total. The Morgan fingerprint density at radius 3 is 2.80 bits per heavy atom. The number of aromatic carboxylic acids is 1. The normalized spacial score (nSPS) is 12.9. The molecule has 0 saturated heterocycles. The summed E-state index contributed by atoms with van der Waals surface area (Å²) in [6.07, 6.45) is 1.21. The first-order valence-corrected chi connectivity index (χ1v) is 7.65. The second kappa shape index (κ2) is 6.42. The monoisotopic (exact) mass is 346 g/mol. The van der Waals surface area contributed by atoms with E-state index in [2.05, 4.69) is 15.6 Å². The molecule has 1 aliphatic heterocycles. The summed E-state index contributed by atoms with van der Waals surface area (Å²) < 4.78 is 11.9. The van der Waals surface area contributed by atoms with Crippen LogP contribution in [0.2, 0.25) is 0 Å². The third-order valence-electron chi connectivity index (χ3n) is 3.94. The number of ether oxygens (including phenoxy) is 2. The fourth-order valence-electron chi connectivity index (χ4n) is 2.42. The number of amides is 1. The van der Waals surface area contributed by atoms with Gasteiger partial charge in [-0.05, 0) is 17.7 Å². The fourth-order valence-corrected chi connectivity index (χ4v) is 2.42. The summed E-state index contributed by atoms with van der Waals surface area (Å²) in [5.41, 5.74) is 0.477. The number of aromatic nitrogens is 3. The van der Waals surface area contributed by atoms with Gasteiger partial charge >= 0.3 is 5.97 Å². The van der Waals surface area contributed by atoms with Crippen LogP contribution in [-0.2, 0) is 16.8 Å². The lowest BCUT2D eigenvalue weighted by Crippen LogP contribution is -2.38. The van der Waals surface area contributed by atoms with Crippen molar-refractivity contribution < 1.29 is 24.2 Å². The van der Waals surface area contributed by atoms with Crippen LogP contribution in [-0.4, -0.2) is 45.3 Å². The zero-order valence-corrected chi connectivity index (χ0v) is 13.9. The van der Waals surface area contributed by atoms with Crippen molar-refractivity contribution >= 4 is 11.9 Å². The summed E-state index contributed by atoms with van der Waals surface area (Å²) in [4.78, 5) is 22.8. The summed E-state index contributed by atoms with van der Waals surface area (Å²) in [5, 5.41) is 18.7. The third kappa shape index (κ3) is 3.70. The molecule has 1 aliphatic rings. The minimum absolute atomic E-state index is 0.0997. The lowest BCUT2D eigenvalue weighted by atomic mass is 9.84. The number of rotatable bonds is 6. The van der Waals surface area contributed by atoms with Crippen molar-refractivity contribution in [2.24, 2.45) is 0 Å². The van der Waals surface area contributed by atoms with Gasteiger partial charge in [0.05, 0.1) is 6.20 Å². The molecule has 0 bridgehead atoms. The van der Waals surface area contributed by atoms with Crippen LogP contribution in [0.5, 0.6) is 11.5 Å². The smallest absolute Gasteiger partial charge is 0.358 e. The van der Waals surface area contributed by atoms with Crippen molar-refractivity contribution in [3.8, 4) is 11.5 Å². The quantitative estimate of drug-likeness (QED) is 0.795. The molecule has 132 valence electrons. The molecule has 25 heavy (non-hydrogen) atoms. The predicted octanol–water partition coefficient (Wildman–Crippen LogP) is 0.799. The minimum atomic E-state index is -1.18. The molecular formula is C16H18N4O5. The molecule has 1 amide bonds. The van der Waals surface area contributed by atoms with Crippen molar-refractivity contribution in [2.45, 2.75) is 25.8 Å². The highest BCUT2D eigenvalue weighted by Crippen LogP contribution is 2.36. The highest BCUT2D eigenvalue weighted by molar-refractivity contribution is 5.84. The number of benzene rings is 1. The van der Waals surface area contributed by atoms with Crippen LogP contribution >= 0.6 is 0 Å². The molecule has 0 fully saturated rings. The first-order chi connectivity index (χ1) is 11.8. The molecule has 0 aliphatic carbocycles. The van der Waals surface area contributed by atoms with Crippen LogP contribution in [0.15, 0.2) is 24.4 Å². The van der Waals surface area contributed by atoms with Gasteiger partial charge in [-0.15, -0.1) is 5.10 Å². The average molecular weight is 346 g/mol. The first-order valence-electron chi connectivity index (χ1n) is 7.65. The number of carboxylic acid groups (broad SMARTS) is 1. The minimum Gasteiger partial charge on any atom is -0.476 e. The number of carboxylic acids is 1. The molecule has 0 atom stereocenters. The molecule has 2 aromatic rings. The Morgan fingerprint density at radius 1 is 1.32 bits per heavy atom. The van der Waals surface area contributed by atoms with Crippen LogP contribution in [0.3, 0.4) is 0 Å². The second-order valence-electron chi connectivity index (χ2n) is 6.34. The van der Waals surface area contributed by atoms with Gasteiger partial charge in [-0.1, -0.05) is 25.1 Å². The van der Waals surface area contributed by atoms with E-state index < -0.39 is 5.97 Å². The van der Waals surface area contributed by atoms with Crippen molar-refractivity contribution in [1.82, 2.24) is 20.3 Å². The van der Waals surface area contributed by atoms with Gasteiger partial charge in [-0.3, -0.25) is 4.79 Å². The highest BCUT2D eigenvalue weighted by atomic mass is 16.7. The summed E-state index contributed by atoms with van der Waals surface area (Å²) >= 11 is 0. The van der Waals surface area contributed by atoms with Gasteiger partial charge in [0, 0.05) is 12.0 Å². The zero-order chi connectivity index (χ0) is 18.0. The largest absolute Gasteiger partial charge is 0.476 e. The van der Waals surface area contributed by atoms with Gasteiger partial charge in [-0.2, -0.15) is 0 Å². The maximum atomic E-state index is 12.1. The Balaban J connectivity index is 1.59. The van der Waals surface area contributed by atoms with E-state index >= 15 is 0 Å². The number of carbonyl (C=O) groups is 2. The molecule has 0 spiro atoms. The Kier molecular flexibility index (Phi) is 4.30. The van der Waals surface area contributed by atoms with E-state index in [0.717, 1.165) is 5.56 Å². The fraction of sp³-hybridized carbons (Fsp3) is 0.375. The second-order valence-corrected chi connectivity index (χ2v) is 6.34. The zero-order valence-electron chi connectivity index (χ0n) is 13.9. The molecule has 1 aromatic heterocycles. The number of nitrogens with one attached hydrogen (secondary N) is 1. The predicted molar refractivity (Wildman–Crippen MR) is 85.6 cm³/mol. The van der Waals surface area contributed by atoms with Crippen LogP contribution < -0.4 is 14.8 Å². The number of hydrogen-bond acceptors (Lipinski definition) is 6. The highest BCUT2D eigenvalue weighted by Gasteiger charge is 2.24. The van der Waals surface area contributed by atoms with Gasteiger partial charge in [-0.25, -0.2) is 9.48 Å². The van der Waals surface area contributed by atoms with Gasteiger partial charge in [0.15, 0.2) is 17.2 Å². The topological polar surface area (TPSA) is 116 Å². The van der Waals surface area contributed by atoms with E-state index in [9.17, 15) is 9.59 Å². The summed E-state index contributed by atoms with van der Waals surface area (Å²) in [5.74, 6) is -0.0593. The van der Waals surface area contributed by atoms with Crippen molar-refractivity contribution in [2.75, 3.05) is 13.3 Å². The van der Waals surface area contributed by atoms with Crippen LogP contribution in [0.1, 0.15) is 29.9 Å². The maximum absolute atomic E-state index is 12.1. The van der Waals surface area contributed by atoms with E-state index in [4.69, 9.17) is 14.6 Å². The summed E-state index contributed by atoms with van der Waals surface area (Å²) in [6.45, 7) is 4.52. The molecule has 0 radical (unpaired) electrons. The first kappa shape index (κ1) is 16.7. The Hall–Kier alpha value is -3.10. The molecular weight excluding hydrogens is 328 g/mol. The van der Waals surface area contributed by atoms with E-state index in [-0.39, 0.29) is 30.4 Å². The molecule has 1 aromatic carbocycles. The maximum Gasteiger partial charge on any atom is 0.358 e. The number of nitrogens with zero attached hydrogens (tertiary/aromatic N) is 3. The van der Waals surface area contributed by atoms with Gasteiger partial charge < -0.3 is 19.9 Å². The standard InChI is InChI=1S/C16H18N4O5/c1-16(2,10-3-4-12-13(5-10)25-9-24-12)8-17-14(21)7-20-6-11(15(22)23)18-19-20/h3-6H,7-9H2,1-2H3,(H,17,21)(H,22,23). The van der Waals surface area contributed by atoms with Crippen molar-refractivity contribution in [1.29, 1.82) is 0 Å². The third-order valence-corrected chi connectivity index (χ3v) is 3.94. The molecule has 2 N–H and O–H groups in total. The van der Waals surface area contributed by atoms with Crippen molar-refractivity contribution in [3.63, 3.8) is 0 Å². The lowest BCUT2D eigenvalue weighted by molar-refractivity contribution is -0.122. The van der Waals surface area contributed by atoms with Gasteiger partial charge in [0.1, 0.15) is 6.54 Å². The summed E-state index contributed by atoms with van der Waals surface area (Å²) in [6, 6.07) is 5.70. The molecule has 2 heterocycles. The van der Waals surface area contributed by atoms with Crippen molar-refractivity contribution in [3.05, 3.63) is 35.7 Å². The lowest BCUT2D eigenvalue weighted by Gasteiger charge is -2.26. The molecule has 9 heteroatoms. The van der Waals surface area contributed by atoms with E-state index in [0.29, 0.717) is 18.0 Å². The van der Waals surface area contributed by atoms with Crippen LogP contribution in [0, 0.1) is 0 Å². The number of carbonyl (C=O) groups excluding carboxylic acids is 1. The number of fused-ring (bicyclic) bond motifs is 1. The Bertz CT molecular complexity index is 815. The van der Waals surface area contributed by atoms with Crippen LogP contribution in [0.25, 0.3) is 0 Å². The molecule has 3 rings (SSSR count). The summed E-state index contributed by atoms with van der Waals surface area (Å²) in [7, 11) is 0. The van der Waals surface area contributed by atoms with E-state index in [1.54, 1.807) is 0 Å². The van der Waals surface area contributed by atoms with Gasteiger partial charge in [0.2, 0.25) is 12.7 Å².